The van der Waals surface area contributed by atoms with Crippen LogP contribution < -0.4 is 21.9 Å². The van der Waals surface area contributed by atoms with Crippen LogP contribution >= 0.6 is 0 Å². The van der Waals surface area contributed by atoms with Gasteiger partial charge in [-0.2, -0.15) is 0 Å². The van der Waals surface area contributed by atoms with Crippen LogP contribution in [-0.2, 0) is 4.79 Å². The van der Waals surface area contributed by atoms with E-state index in [1.54, 1.807) is 25.1 Å². The molecular weight excluding hydrogens is 234 g/mol. The number of hydrazine groups is 1. The highest BCUT2D eigenvalue weighted by Gasteiger charge is 2.16. The van der Waals surface area contributed by atoms with Crippen molar-refractivity contribution in [3.05, 3.63) is 23.9 Å². The van der Waals surface area contributed by atoms with Crippen molar-refractivity contribution in [1.29, 1.82) is 0 Å². The molecular formula is C11H17N5O2. The molecule has 7 heteroatoms. The minimum Gasteiger partial charge on any atom is -0.355 e. The second-order valence-corrected chi connectivity index (χ2v) is 3.64. The Bertz CT molecular complexity index is 435. The molecule has 0 fully saturated rings. The molecule has 18 heavy (non-hydrogen) atoms. The van der Waals surface area contributed by atoms with Crippen LogP contribution in [0.4, 0.5) is 5.82 Å². The lowest BCUT2D eigenvalue weighted by molar-refractivity contribution is -0.122. The van der Waals surface area contributed by atoms with Crippen LogP contribution in [0.15, 0.2) is 18.2 Å². The van der Waals surface area contributed by atoms with E-state index in [2.05, 4.69) is 21.0 Å². The summed E-state index contributed by atoms with van der Waals surface area (Å²) in [6, 6.07) is 4.20. The molecule has 1 atom stereocenters. The van der Waals surface area contributed by atoms with Crippen LogP contribution in [-0.4, -0.2) is 29.4 Å². The molecule has 0 aliphatic rings. The second-order valence-electron chi connectivity index (χ2n) is 3.64. The fraction of sp³-hybridized carbons (Fsp3) is 0.364. The Morgan fingerprint density at radius 3 is 2.78 bits per heavy atom. The average Bonchev–Trinajstić information content (AvgIpc) is 2.39. The zero-order valence-electron chi connectivity index (χ0n) is 10.4. The van der Waals surface area contributed by atoms with E-state index in [0.29, 0.717) is 12.4 Å². The summed E-state index contributed by atoms with van der Waals surface area (Å²) in [6.45, 7) is 3.93. The van der Waals surface area contributed by atoms with Gasteiger partial charge < -0.3 is 16.1 Å². The third-order valence-electron chi connectivity index (χ3n) is 2.22. The molecule has 0 saturated carbocycles. The molecule has 1 aromatic heterocycles. The Labute approximate surface area is 105 Å². The Kier molecular flexibility index (Phi) is 5.06. The maximum Gasteiger partial charge on any atom is 0.270 e. The van der Waals surface area contributed by atoms with Crippen molar-refractivity contribution in [3.8, 4) is 0 Å². The summed E-state index contributed by atoms with van der Waals surface area (Å²) >= 11 is 0. The van der Waals surface area contributed by atoms with Gasteiger partial charge in [0, 0.05) is 6.54 Å². The van der Waals surface area contributed by atoms with Crippen molar-refractivity contribution < 1.29 is 9.59 Å². The Balaban J connectivity index is 2.67. The number of carbonyl (C=O) groups excluding carboxylic acids is 2. The minimum atomic E-state index is -0.617. The number of nitrogens with two attached hydrogens (primary N) is 1. The first kappa shape index (κ1) is 13.9. The van der Waals surface area contributed by atoms with E-state index in [-0.39, 0.29) is 11.6 Å². The molecule has 1 heterocycles. The van der Waals surface area contributed by atoms with E-state index in [1.807, 2.05) is 6.92 Å². The zero-order chi connectivity index (χ0) is 13.5. The van der Waals surface area contributed by atoms with E-state index in [1.165, 1.54) is 0 Å². The molecule has 5 N–H and O–H groups in total. The van der Waals surface area contributed by atoms with Crippen LogP contribution in [0.2, 0.25) is 0 Å². The highest BCUT2D eigenvalue weighted by molar-refractivity contribution is 5.96. The van der Waals surface area contributed by atoms with Gasteiger partial charge in [0.1, 0.15) is 17.6 Å². The molecule has 1 aromatic rings. The molecule has 0 aliphatic carbocycles. The summed E-state index contributed by atoms with van der Waals surface area (Å²) in [5.74, 6) is 4.92. The van der Waals surface area contributed by atoms with Gasteiger partial charge in [0.15, 0.2) is 0 Å². The summed E-state index contributed by atoms with van der Waals surface area (Å²) in [5, 5.41) is 5.17. The van der Waals surface area contributed by atoms with E-state index < -0.39 is 11.9 Å². The van der Waals surface area contributed by atoms with Crippen molar-refractivity contribution in [2.24, 2.45) is 5.84 Å². The summed E-state index contributed by atoms with van der Waals surface area (Å²) in [5.41, 5.74) is 2.54. The van der Waals surface area contributed by atoms with Gasteiger partial charge in [-0.05, 0) is 26.0 Å². The highest BCUT2D eigenvalue weighted by atomic mass is 16.2. The Hall–Kier alpha value is -2.15. The lowest BCUT2D eigenvalue weighted by Crippen LogP contribution is -2.44. The predicted octanol–water partition coefficient (Wildman–Crippen LogP) is -0.378. The molecule has 7 nitrogen and oxygen atoms in total. The van der Waals surface area contributed by atoms with E-state index in [9.17, 15) is 9.59 Å². The molecule has 0 aliphatic heterocycles. The monoisotopic (exact) mass is 251 g/mol. The van der Waals surface area contributed by atoms with Gasteiger partial charge in [-0.25, -0.2) is 10.8 Å². The van der Waals surface area contributed by atoms with Crippen LogP contribution in [0.5, 0.6) is 0 Å². The van der Waals surface area contributed by atoms with Gasteiger partial charge in [-0.3, -0.25) is 9.59 Å². The number of likely N-dealkylation sites (N-methyl/N-ethyl adjacent to an activating group) is 1. The van der Waals surface area contributed by atoms with Crippen LogP contribution in [0, 0.1) is 0 Å². The largest absolute Gasteiger partial charge is 0.355 e. The van der Waals surface area contributed by atoms with Gasteiger partial charge in [0.25, 0.3) is 5.91 Å². The third-order valence-corrected chi connectivity index (χ3v) is 2.22. The van der Waals surface area contributed by atoms with Crippen molar-refractivity contribution in [2.75, 3.05) is 12.0 Å². The van der Waals surface area contributed by atoms with Crippen LogP contribution in [0.1, 0.15) is 24.3 Å². The fourth-order valence-electron chi connectivity index (χ4n) is 1.31. The summed E-state index contributed by atoms with van der Waals surface area (Å²) in [6.07, 6.45) is 0. The highest BCUT2D eigenvalue weighted by Crippen LogP contribution is 2.03. The van der Waals surface area contributed by atoms with Crippen molar-refractivity contribution in [2.45, 2.75) is 19.9 Å². The Morgan fingerprint density at radius 1 is 1.44 bits per heavy atom. The smallest absolute Gasteiger partial charge is 0.270 e. The molecule has 1 rings (SSSR count). The van der Waals surface area contributed by atoms with E-state index in [0.717, 1.165) is 0 Å². The maximum atomic E-state index is 11.8. The lowest BCUT2D eigenvalue weighted by Gasteiger charge is -2.13. The number of amides is 2. The molecule has 0 radical (unpaired) electrons. The zero-order valence-corrected chi connectivity index (χ0v) is 10.4. The van der Waals surface area contributed by atoms with Crippen molar-refractivity contribution in [1.82, 2.24) is 15.6 Å². The molecule has 0 spiro atoms. The number of nitrogens with one attached hydrogen (secondary N) is 3. The summed E-state index contributed by atoms with van der Waals surface area (Å²) < 4.78 is 0. The molecule has 1 unspecified atom stereocenters. The average molecular weight is 251 g/mol. The first-order chi connectivity index (χ1) is 8.58. The van der Waals surface area contributed by atoms with Gasteiger partial charge >= 0.3 is 0 Å². The molecule has 0 bridgehead atoms. The van der Waals surface area contributed by atoms with Gasteiger partial charge in [0.2, 0.25) is 5.91 Å². The first-order valence-electron chi connectivity index (χ1n) is 5.60. The van der Waals surface area contributed by atoms with Crippen molar-refractivity contribution >= 4 is 17.6 Å². The first-order valence-corrected chi connectivity index (χ1v) is 5.60. The molecule has 0 saturated heterocycles. The molecule has 0 aromatic carbocycles. The number of nitrogen functional groups attached to an aromatic ring is 1. The lowest BCUT2D eigenvalue weighted by atomic mass is 10.2. The van der Waals surface area contributed by atoms with Gasteiger partial charge in [-0.1, -0.05) is 6.07 Å². The van der Waals surface area contributed by atoms with Gasteiger partial charge in [-0.15, -0.1) is 0 Å². The maximum absolute atomic E-state index is 11.8. The Morgan fingerprint density at radius 2 is 2.17 bits per heavy atom. The third kappa shape index (κ3) is 3.70. The number of carbonyl (C=O) groups is 2. The van der Waals surface area contributed by atoms with Gasteiger partial charge in [0.05, 0.1) is 0 Å². The quantitative estimate of drug-likeness (QED) is 0.421. The minimum absolute atomic E-state index is 0.196. The number of hydrogen-bond donors (Lipinski definition) is 4. The summed E-state index contributed by atoms with van der Waals surface area (Å²) in [4.78, 5) is 27.2. The topological polar surface area (TPSA) is 109 Å². The number of aromatic nitrogens is 1. The van der Waals surface area contributed by atoms with Crippen LogP contribution in [0.25, 0.3) is 0 Å². The standard InChI is InChI=1S/C11H17N5O2/c1-3-13-10(17)7(2)14-11(18)8-5-4-6-9(15-8)16-12/h4-7H,3,12H2,1-2H3,(H,13,17)(H,14,18)(H,15,16). The number of nitrogens with zero attached hydrogens (tertiary/aromatic N) is 1. The molecule has 98 valence electrons. The van der Waals surface area contributed by atoms with E-state index >= 15 is 0 Å². The van der Waals surface area contributed by atoms with E-state index in [4.69, 9.17) is 5.84 Å². The number of anilines is 1. The fourth-order valence-corrected chi connectivity index (χ4v) is 1.31. The SMILES string of the molecule is CCNC(=O)C(C)NC(=O)c1cccc(NN)n1. The predicted molar refractivity (Wildman–Crippen MR) is 67.7 cm³/mol. The summed E-state index contributed by atoms with van der Waals surface area (Å²) in [7, 11) is 0. The second kappa shape index (κ2) is 6.55. The van der Waals surface area contributed by atoms with Crippen molar-refractivity contribution in [3.63, 3.8) is 0 Å². The van der Waals surface area contributed by atoms with Crippen LogP contribution in [0.3, 0.4) is 0 Å². The molecule has 2 amide bonds. The normalized spacial score (nSPS) is 11.5. The number of rotatable bonds is 5. The number of hydrogen-bond acceptors (Lipinski definition) is 5. The number of pyridine rings is 1.